The molecule has 1 spiro atoms. The van der Waals surface area contributed by atoms with Gasteiger partial charge in [0.25, 0.3) is 0 Å². The molecular weight excluding hydrogens is 298 g/mol. The fraction of sp³-hybridized carbons (Fsp3) is 0.556. The number of rotatable bonds is 4. The molecule has 1 heterocycles. The lowest BCUT2D eigenvalue weighted by atomic mass is 9.73. The molecule has 0 radical (unpaired) electrons. The maximum absolute atomic E-state index is 5.52. The average Bonchev–Trinajstić information content (AvgIpc) is 2.95. The summed E-state index contributed by atoms with van der Waals surface area (Å²) < 4.78 is 11.0. The van der Waals surface area contributed by atoms with Crippen molar-refractivity contribution < 1.29 is 9.47 Å². The van der Waals surface area contributed by atoms with Crippen LogP contribution >= 0.6 is 12.4 Å². The lowest BCUT2D eigenvalue weighted by Gasteiger charge is -2.42. The predicted molar refractivity (Wildman–Crippen MR) is 92.4 cm³/mol. The van der Waals surface area contributed by atoms with Crippen molar-refractivity contribution in [2.45, 2.75) is 37.6 Å². The lowest BCUT2D eigenvalue weighted by Crippen LogP contribution is -2.44. The second-order valence-corrected chi connectivity index (χ2v) is 6.31. The minimum atomic E-state index is 0. The van der Waals surface area contributed by atoms with Gasteiger partial charge >= 0.3 is 0 Å². The van der Waals surface area contributed by atoms with Gasteiger partial charge in [0.2, 0.25) is 0 Å². The summed E-state index contributed by atoms with van der Waals surface area (Å²) in [5.41, 5.74) is 3.18. The molecule has 1 saturated carbocycles. The van der Waals surface area contributed by atoms with Gasteiger partial charge < -0.3 is 9.47 Å². The Kier molecular flexibility index (Phi) is 5.41. The summed E-state index contributed by atoms with van der Waals surface area (Å²) in [5, 5.41) is 0. The number of halogens is 1. The summed E-state index contributed by atoms with van der Waals surface area (Å²) in [7, 11) is 3.43. The summed E-state index contributed by atoms with van der Waals surface area (Å²) >= 11 is 0. The number of fused-ring (bicyclic) bond motifs is 2. The van der Waals surface area contributed by atoms with Crippen molar-refractivity contribution in [1.29, 1.82) is 0 Å². The van der Waals surface area contributed by atoms with E-state index in [4.69, 9.17) is 9.47 Å². The van der Waals surface area contributed by atoms with Crippen molar-refractivity contribution in [2.75, 3.05) is 27.3 Å². The molecule has 1 fully saturated rings. The van der Waals surface area contributed by atoms with E-state index in [-0.39, 0.29) is 12.4 Å². The zero-order valence-electron chi connectivity index (χ0n) is 13.6. The third-order valence-corrected chi connectivity index (χ3v) is 5.05. The Bertz CT molecular complexity index is 538. The van der Waals surface area contributed by atoms with Crippen LogP contribution in [0, 0.1) is 0 Å². The van der Waals surface area contributed by atoms with Gasteiger partial charge in [-0.05, 0) is 36.1 Å². The molecule has 2 aliphatic rings. The molecule has 0 unspecified atom stereocenters. The molecule has 4 heteroatoms. The van der Waals surface area contributed by atoms with E-state index in [1.54, 1.807) is 14.2 Å². The highest BCUT2D eigenvalue weighted by molar-refractivity contribution is 5.85. The molecule has 1 aliphatic heterocycles. The van der Waals surface area contributed by atoms with Gasteiger partial charge in [-0.2, -0.15) is 0 Å². The Morgan fingerprint density at radius 2 is 1.82 bits per heavy atom. The summed E-state index contributed by atoms with van der Waals surface area (Å²) in [5.74, 6) is 1.70. The maximum atomic E-state index is 5.52. The normalized spacial score (nSPS) is 19.4. The minimum absolute atomic E-state index is 0. The van der Waals surface area contributed by atoms with E-state index < -0.39 is 0 Å². The fourth-order valence-electron chi connectivity index (χ4n) is 4.15. The fourth-order valence-corrected chi connectivity index (χ4v) is 4.15. The van der Waals surface area contributed by atoms with Gasteiger partial charge in [0.05, 0.1) is 14.2 Å². The SMILES string of the molecule is C=CCN1Cc2cc(OC)c(OC)cc2C2(CCCC2)C1.Cl. The summed E-state index contributed by atoms with van der Waals surface area (Å²) in [6, 6.07) is 4.40. The Balaban J connectivity index is 0.00000176. The standard InChI is InChI=1S/C18H25NO2.ClH/c1-4-9-19-12-14-10-16(20-2)17(21-3)11-15(14)18(13-19)7-5-6-8-18;/h4,10-11H,1,5-9,12-13H2,2-3H3;1H. The Morgan fingerprint density at radius 3 is 2.41 bits per heavy atom. The van der Waals surface area contributed by atoms with Gasteiger partial charge in [0, 0.05) is 25.0 Å². The molecular formula is C18H26ClNO2. The molecule has 0 saturated heterocycles. The van der Waals surface area contributed by atoms with Crippen molar-refractivity contribution in [3.63, 3.8) is 0 Å². The number of hydrogen-bond donors (Lipinski definition) is 0. The number of benzene rings is 1. The maximum Gasteiger partial charge on any atom is 0.161 e. The predicted octanol–water partition coefficient (Wildman–Crippen LogP) is 3.94. The minimum Gasteiger partial charge on any atom is -0.493 e. The number of nitrogens with zero attached hydrogens (tertiary/aromatic N) is 1. The van der Waals surface area contributed by atoms with Gasteiger partial charge in [-0.25, -0.2) is 0 Å². The Hall–Kier alpha value is -1.19. The first kappa shape index (κ1) is 17.2. The van der Waals surface area contributed by atoms with E-state index >= 15 is 0 Å². The smallest absolute Gasteiger partial charge is 0.161 e. The van der Waals surface area contributed by atoms with Crippen molar-refractivity contribution in [1.82, 2.24) is 4.90 Å². The van der Waals surface area contributed by atoms with Gasteiger partial charge in [-0.15, -0.1) is 19.0 Å². The van der Waals surface area contributed by atoms with E-state index in [1.807, 2.05) is 6.08 Å². The van der Waals surface area contributed by atoms with Gasteiger partial charge in [0.15, 0.2) is 11.5 Å². The lowest BCUT2D eigenvalue weighted by molar-refractivity contribution is 0.192. The molecule has 0 aromatic heterocycles. The monoisotopic (exact) mass is 323 g/mol. The number of methoxy groups -OCH3 is 2. The van der Waals surface area contributed by atoms with Crippen LogP contribution in [0.2, 0.25) is 0 Å². The molecule has 22 heavy (non-hydrogen) atoms. The summed E-state index contributed by atoms with van der Waals surface area (Å²) in [6.07, 6.45) is 7.23. The van der Waals surface area contributed by atoms with Crippen LogP contribution in [0.1, 0.15) is 36.8 Å². The van der Waals surface area contributed by atoms with Gasteiger partial charge in [0.1, 0.15) is 0 Å². The summed E-state index contributed by atoms with van der Waals surface area (Å²) in [4.78, 5) is 2.51. The molecule has 1 aliphatic carbocycles. The van der Waals surface area contributed by atoms with Gasteiger partial charge in [-0.3, -0.25) is 4.90 Å². The van der Waals surface area contributed by atoms with Crippen molar-refractivity contribution >= 4 is 12.4 Å². The van der Waals surface area contributed by atoms with E-state index in [0.717, 1.165) is 31.1 Å². The second-order valence-electron chi connectivity index (χ2n) is 6.31. The molecule has 1 aromatic carbocycles. The number of hydrogen-bond acceptors (Lipinski definition) is 3. The highest BCUT2D eigenvalue weighted by Gasteiger charge is 2.42. The second kappa shape index (κ2) is 6.93. The van der Waals surface area contributed by atoms with E-state index in [9.17, 15) is 0 Å². The van der Waals surface area contributed by atoms with E-state index in [0.29, 0.717) is 5.41 Å². The molecule has 0 amide bonds. The van der Waals surface area contributed by atoms with E-state index in [2.05, 4.69) is 23.6 Å². The quantitative estimate of drug-likeness (QED) is 0.783. The average molecular weight is 324 g/mol. The van der Waals surface area contributed by atoms with Crippen LogP contribution < -0.4 is 9.47 Å². The first-order valence-corrected chi connectivity index (χ1v) is 7.81. The molecule has 0 bridgehead atoms. The van der Waals surface area contributed by atoms with Crippen molar-refractivity contribution in [3.05, 3.63) is 35.9 Å². The Morgan fingerprint density at radius 1 is 1.18 bits per heavy atom. The zero-order valence-corrected chi connectivity index (χ0v) is 14.4. The topological polar surface area (TPSA) is 21.7 Å². The van der Waals surface area contributed by atoms with Crippen LogP contribution in [0.3, 0.4) is 0 Å². The summed E-state index contributed by atoms with van der Waals surface area (Å²) in [6.45, 7) is 6.97. The molecule has 3 nitrogen and oxygen atoms in total. The molecule has 122 valence electrons. The molecule has 1 aromatic rings. The van der Waals surface area contributed by atoms with Crippen LogP contribution in [0.5, 0.6) is 11.5 Å². The molecule has 0 N–H and O–H groups in total. The third kappa shape index (κ3) is 2.84. The van der Waals surface area contributed by atoms with E-state index in [1.165, 1.54) is 36.8 Å². The highest BCUT2D eigenvalue weighted by atomic mass is 35.5. The largest absolute Gasteiger partial charge is 0.493 e. The van der Waals surface area contributed by atoms with Crippen molar-refractivity contribution in [3.8, 4) is 11.5 Å². The van der Waals surface area contributed by atoms with Crippen LogP contribution in [0.25, 0.3) is 0 Å². The van der Waals surface area contributed by atoms with Crippen LogP contribution in [-0.4, -0.2) is 32.2 Å². The van der Waals surface area contributed by atoms with Crippen LogP contribution in [-0.2, 0) is 12.0 Å². The molecule has 3 rings (SSSR count). The Labute approximate surface area is 139 Å². The van der Waals surface area contributed by atoms with Gasteiger partial charge in [-0.1, -0.05) is 18.9 Å². The molecule has 0 atom stereocenters. The van der Waals surface area contributed by atoms with Crippen molar-refractivity contribution in [2.24, 2.45) is 0 Å². The first-order chi connectivity index (χ1) is 10.2. The third-order valence-electron chi connectivity index (χ3n) is 5.05. The highest BCUT2D eigenvalue weighted by Crippen LogP contribution is 2.48. The van der Waals surface area contributed by atoms with Crippen LogP contribution in [0.4, 0.5) is 0 Å². The number of ether oxygens (including phenoxy) is 2. The van der Waals surface area contributed by atoms with Crippen LogP contribution in [0.15, 0.2) is 24.8 Å². The zero-order chi connectivity index (χ0) is 14.9. The first-order valence-electron chi connectivity index (χ1n) is 7.81.